The number of amides is 2. The third-order valence-electron chi connectivity index (χ3n) is 6.49. The Kier molecular flexibility index (Phi) is 6.44. The highest BCUT2D eigenvalue weighted by atomic mass is 35.5. The second-order valence-corrected chi connectivity index (χ2v) is 10.1. The molecule has 0 radical (unpaired) electrons. The number of thioether (sulfide) groups is 1. The number of nitrogens with one attached hydrogen (secondary N) is 1. The molecule has 0 bridgehead atoms. The second-order valence-electron chi connectivity index (χ2n) is 8.56. The average Bonchev–Trinajstić information content (AvgIpc) is 2.75. The summed E-state index contributed by atoms with van der Waals surface area (Å²) in [4.78, 5) is 29.1. The van der Waals surface area contributed by atoms with Crippen molar-refractivity contribution in [1.82, 2.24) is 5.32 Å². The van der Waals surface area contributed by atoms with E-state index in [9.17, 15) is 9.59 Å². The number of nitrogens with zero attached hydrogens (tertiary/aromatic N) is 1. The molecule has 4 nitrogen and oxygen atoms in total. The molecular weight excluding hydrogens is 428 g/mol. The summed E-state index contributed by atoms with van der Waals surface area (Å²) in [6.07, 6.45) is 5.25. The molecule has 0 aromatic heterocycles. The van der Waals surface area contributed by atoms with E-state index in [-0.39, 0.29) is 17.9 Å². The van der Waals surface area contributed by atoms with Crippen LogP contribution < -0.4 is 10.2 Å². The maximum absolute atomic E-state index is 13.0. The molecule has 1 fully saturated rings. The van der Waals surface area contributed by atoms with E-state index >= 15 is 0 Å². The summed E-state index contributed by atoms with van der Waals surface area (Å²) in [6, 6.07) is 13.2. The van der Waals surface area contributed by atoms with Gasteiger partial charge in [-0.3, -0.25) is 9.59 Å². The first-order valence-electron chi connectivity index (χ1n) is 10.7. The minimum atomic E-state index is -0.0928. The molecule has 2 aromatic rings. The zero-order chi connectivity index (χ0) is 22.1. The fraction of sp³-hybridized carbons (Fsp3) is 0.360. The number of halogens is 1. The Labute approximate surface area is 193 Å². The van der Waals surface area contributed by atoms with Crippen LogP contribution in [0.1, 0.15) is 49.0 Å². The summed E-state index contributed by atoms with van der Waals surface area (Å²) in [5.41, 5.74) is 2.23. The van der Waals surface area contributed by atoms with Crippen molar-refractivity contribution in [3.8, 4) is 0 Å². The number of anilines is 1. The number of carbonyl (C=O) groups excluding carboxylic acids is 2. The number of benzene rings is 2. The Balaban J connectivity index is 1.55. The van der Waals surface area contributed by atoms with Gasteiger partial charge < -0.3 is 10.2 Å². The summed E-state index contributed by atoms with van der Waals surface area (Å²) < 4.78 is 0. The standard InChI is InChI=1S/C25H27ClN2O2S/c1-15-6-4-9-20(16(15)2)27-24(29)18-10-11-22-21(14-18)28(3)25(30)23(31-22)13-17-7-5-8-19(26)12-17/h5,7-8,10-16,20H,4,6,9H2,1-3H3,(H,27,29). The molecule has 0 spiro atoms. The highest BCUT2D eigenvalue weighted by Gasteiger charge is 2.30. The van der Waals surface area contributed by atoms with Crippen molar-refractivity contribution in [3.63, 3.8) is 0 Å². The van der Waals surface area contributed by atoms with Crippen molar-refractivity contribution in [2.75, 3.05) is 11.9 Å². The van der Waals surface area contributed by atoms with Crippen molar-refractivity contribution < 1.29 is 9.59 Å². The Morgan fingerprint density at radius 3 is 2.77 bits per heavy atom. The van der Waals surface area contributed by atoms with Crippen LogP contribution in [0.4, 0.5) is 5.69 Å². The smallest absolute Gasteiger partial charge is 0.264 e. The third kappa shape index (κ3) is 4.68. The van der Waals surface area contributed by atoms with Crippen LogP contribution in [0.25, 0.3) is 6.08 Å². The van der Waals surface area contributed by atoms with Crippen LogP contribution in [0.3, 0.4) is 0 Å². The van der Waals surface area contributed by atoms with Gasteiger partial charge >= 0.3 is 0 Å². The Hall–Kier alpha value is -2.24. The maximum atomic E-state index is 13.0. The van der Waals surface area contributed by atoms with Gasteiger partial charge in [0.15, 0.2) is 0 Å². The minimum absolute atomic E-state index is 0.0696. The summed E-state index contributed by atoms with van der Waals surface area (Å²) >= 11 is 7.49. The van der Waals surface area contributed by atoms with Gasteiger partial charge in [-0.2, -0.15) is 0 Å². The fourth-order valence-corrected chi connectivity index (χ4v) is 5.61. The molecule has 1 aliphatic heterocycles. The van der Waals surface area contributed by atoms with Gasteiger partial charge in [0, 0.05) is 28.6 Å². The molecule has 1 aliphatic carbocycles. The summed E-state index contributed by atoms with van der Waals surface area (Å²) in [6.45, 7) is 4.48. The third-order valence-corrected chi connectivity index (χ3v) is 7.80. The number of likely N-dealkylation sites (N-methyl/N-ethyl adjacent to an activating group) is 1. The Morgan fingerprint density at radius 2 is 2.00 bits per heavy atom. The van der Waals surface area contributed by atoms with Gasteiger partial charge in [0.05, 0.1) is 10.6 Å². The van der Waals surface area contributed by atoms with E-state index in [0.717, 1.165) is 29.0 Å². The van der Waals surface area contributed by atoms with E-state index in [2.05, 4.69) is 19.2 Å². The largest absolute Gasteiger partial charge is 0.349 e. The SMILES string of the molecule is CC1CCCC(NC(=O)c2ccc3c(c2)N(C)C(=O)C(=Cc2cccc(Cl)c2)S3)C1C. The predicted octanol–water partition coefficient (Wildman–Crippen LogP) is 6.00. The van der Waals surface area contributed by atoms with Gasteiger partial charge in [-0.25, -0.2) is 0 Å². The van der Waals surface area contributed by atoms with Crippen LogP contribution in [-0.4, -0.2) is 24.9 Å². The van der Waals surface area contributed by atoms with Crippen LogP contribution in [-0.2, 0) is 4.79 Å². The Bertz CT molecular complexity index is 1050. The zero-order valence-electron chi connectivity index (χ0n) is 18.0. The normalized spacial score (nSPS) is 24.8. The molecule has 6 heteroatoms. The van der Waals surface area contributed by atoms with Gasteiger partial charge in [0.25, 0.3) is 11.8 Å². The second kappa shape index (κ2) is 9.09. The van der Waals surface area contributed by atoms with Crippen LogP contribution >= 0.6 is 23.4 Å². The van der Waals surface area contributed by atoms with Crippen molar-refractivity contribution in [3.05, 3.63) is 63.5 Å². The lowest BCUT2D eigenvalue weighted by molar-refractivity contribution is -0.114. The lowest BCUT2D eigenvalue weighted by Crippen LogP contribution is -2.43. The first kappa shape index (κ1) is 22.0. The number of rotatable bonds is 3. The molecule has 2 aromatic carbocycles. The highest BCUT2D eigenvalue weighted by molar-refractivity contribution is 8.04. The van der Waals surface area contributed by atoms with Crippen LogP contribution in [0.2, 0.25) is 5.02 Å². The maximum Gasteiger partial charge on any atom is 0.264 e. The number of hydrogen-bond acceptors (Lipinski definition) is 3. The summed E-state index contributed by atoms with van der Waals surface area (Å²) in [5.74, 6) is 0.923. The number of hydrogen-bond donors (Lipinski definition) is 1. The molecule has 31 heavy (non-hydrogen) atoms. The van der Waals surface area contributed by atoms with Gasteiger partial charge in [-0.1, -0.05) is 62.2 Å². The first-order chi connectivity index (χ1) is 14.8. The molecule has 2 amide bonds. The van der Waals surface area contributed by atoms with Gasteiger partial charge in [-0.05, 0) is 60.2 Å². The van der Waals surface area contributed by atoms with Crippen LogP contribution in [0.15, 0.2) is 52.3 Å². The molecule has 1 N–H and O–H groups in total. The molecular formula is C25H27ClN2O2S. The number of carbonyl (C=O) groups is 2. The molecule has 0 saturated heterocycles. The molecule has 1 heterocycles. The zero-order valence-corrected chi connectivity index (χ0v) is 19.6. The van der Waals surface area contributed by atoms with Crippen LogP contribution in [0, 0.1) is 11.8 Å². The molecule has 162 valence electrons. The molecule has 4 rings (SSSR count). The number of fused-ring (bicyclic) bond motifs is 1. The quantitative estimate of drug-likeness (QED) is 0.578. The van der Waals surface area contributed by atoms with Gasteiger partial charge in [0.2, 0.25) is 0 Å². The predicted molar refractivity (Wildman–Crippen MR) is 129 cm³/mol. The fourth-order valence-electron chi connectivity index (χ4n) is 4.32. The van der Waals surface area contributed by atoms with Crippen molar-refractivity contribution in [1.29, 1.82) is 0 Å². The summed E-state index contributed by atoms with van der Waals surface area (Å²) in [7, 11) is 1.75. The van der Waals surface area contributed by atoms with E-state index in [1.807, 2.05) is 48.5 Å². The van der Waals surface area contributed by atoms with E-state index in [0.29, 0.717) is 27.3 Å². The van der Waals surface area contributed by atoms with Crippen molar-refractivity contribution in [2.24, 2.45) is 11.8 Å². The highest BCUT2D eigenvalue weighted by Crippen LogP contribution is 2.42. The summed E-state index contributed by atoms with van der Waals surface area (Å²) in [5, 5.41) is 3.85. The van der Waals surface area contributed by atoms with Crippen molar-refractivity contribution >= 4 is 46.9 Å². The van der Waals surface area contributed by atoms with E-state index < -0.39 is 0 Å². The van der Waals surface area contributed by atoms with E-state index in [1.54, 1.807) is 11.9 Å². The molecule has 3 unspecified atom stereocenters. The first-order valence-corrected chi connectivity index (χ1v) is 11.9. The average molecular weight is 455 g/mol. The van der Waals surface area contributed by atoms with Gasteiger partial charge in [0.1, 0.15) is 0 Å². The van der Waals surface area contributed by atoms with Crippen molar-refractivity contribution in [2.45, 2.75) is 44.0 Å². The van der Waals surface area contributed by atoms with Gasteiger partial charge in [-0.15, -0.1) is 0 Å². The monoisotopic (exact) mass is 454 g/mol. The Morgan fingerprint density at radius 1 is 1.19 bits per heavy atom. The molecule has 3 atom stereocenters. The topological polar surface area (TPSA) is 49.4 Å². The lowest BCUT2D eigenvalue weighted by Gasteiger charge is -2.34. The lowest BCUT2D eigenvalue weighted by atomic mass is 9.78. The van der Waals surface area contributed by atoms with E-state index in [4.69, 9.17) is 11.6 Å². The molecule has 2 aliphatic rings. The minimum Gasteiger partial charge on any atom is -0.349 e. The van der Waals surface area contributed by atoms with E-state index in [1.165, 1.54) is 18.2 Å². The molecule has 1 saturated carbocycles. The van der Waals surface area contributed by atoms with Crippen LogP contribution in [0.5, 0.6) is 0 Å².